The van der Waals surface area contributed by atoms with Crippen molar-refractivity contribution in [2.24, 2.45) is 0 Å². The van der Waals surface area contributed by atoms with Gasteiger partial charge in [-0.05, 0) is 138 Å². The second kappa shape index (κ2) is 24.7. The van der Waals surface area contributed by atoms with Crippen molar-refractivity contribution in [3.05, 3.63) is 154 Å². The van der Waals surface area contributed by atoms with Crippen LogP contribution in [0.4, 0.5) is 32.1 Å². The van der Waals surface area contributed by atoms with Gasteiger partial charge in [0.25, 0.3) is 23.6 Å². The number of anilines is 4. The van der Waals surface area contributed by atoms with Gasteiger partial charge in [0.15, 0.2) is 34.9 Å². The molecule has 8 N–H and O–H groups in total. The Labute approximate surface area is 493 Å². The smallest absolute Gasteiger partial charge is 0.253 e. The Morgan fingerprint density at radius 1 is 0.605 bits per heavy atom. The number of methoxy groups -OCH3 is 2. The molecule has 10 heterocycles. The SMILES string of the molecule is COC1(C(=O)N[C@@H](C)c2ccc(-n3cc(F)cn3)nc2)CCC(c2nc(Nc3cc(C)[nH]n3)cc3c2C(=O)NCC3)CC1.COC1(C(=O)N[C@@H](C)c2ccc(-n3cc(F)cn3)nc2)CCC(c2nc(Nc3cc(C)[nH]n3)cc3c2C(=O)NCC3)CC1. The summed E-state index contributed by atoms with van der Waals surface area (Å²) in [6, 6.07) is 14.1. The van der Waals surface area contributed by atoms with Crippen molar-refractivity contribution in [1.82, 2.24) is 81.2 Å². The number of carbonyl (C=O) groups is 4. The third kappa shape index (κ3) is 12.4. The van der Waals surface area contributed by atoms with E-state index in [4.69, 9.17) is 19.4 Å². The fourth-order valence-corrected chi connectivity index (χ4v) is 11.9. The van der Waals surface area contributed by atoms with Crippen molar-refractivity contribution in [3.63, 3.8) is 0 Å². The first-order valence-electron chi connectivity index (χ1n) is 28.8. The van der Waals surface area contributed by atoms with Crippen molar-refractivity contribution in [2.75, 3.05) is 37.9 Å². The number of nitrogens with zero attached hydrogens (tertiary/aromatic N) is 10. The lowest BCUT2D eigenvalue weighted by Gasteiger charge is -2.39. The molecule has 0 spiro atoms. The minimum Gasteiger partial charge on any atom is -0.368 e. The molecule has 448 valence electrons. The summed E-state index contributed by atoms with van der Waals surface area (Å²) in [7, 11) is 3.13. The van der Waals surface area contributed by atoms with Crippen molar-refractivity contribution in [3.8, 4) is 11.6 Å². The van der Waals surface area contributed by atoms with E-state index >= 15 is 0 Å². The molecule has 0 bridgehead atoms. The fraction of sp³-hybridized carbons (Fsp3) is 0.400. The lowest BCUT2D eigenvalue weighted by Crippen LogP contribution is -2.51. The van der Waals surface area contributed by atoms with Gasteiger partial charge in [0.05, 0.1) is 59.4 Å². The minimum atomic E-state index is -1.00. The normalized spacial score (nSPS) is 20.7. The fourth-order valence-electron chi connectivity index (χ4n) is 11.9. The van der Waals surface area contributed by atoms with Crippen molar-refractivity contribution < 1.29 is 37.4 Å². The maximum atomic E-state index is 13.6. The molecule has 2 atom stereocenters. The zero-order valence-electron chi connectivity index (χ0n) is 48.6. The second-order valence-electron chi connectivity index (χ2n) is 22.4. The number of halogens is 2. The lowest BCUT2D eigenvalue weighted by molar-refractivity contribution is -0.149. The lowest BCUT2D eigenvalue weighted by atomic mass is 9.75. The second-order valence-corrected chi connectivity index (χ2v) is 22.4. The van der Waals surface area contributed by atoms with E-state index in [2.05, 4.69) is 72.5 Å². The van der Waals surface area contributed by atoms with Crippen molar-refractivity contribution >= 4 is 46.9 Å². The first-order chi connectivity index (χ1) is 41.5. The van der Waals surface area contributed by atoms with E-state index in [1.807, 2.05) is 64.1 Å². The molecule has 0 saturated heterocycles. The Balaban J connectivity index is 0.000000179. The van der Waals surface area contributed by atoms with Gasteiger partial charge in [-0.1, -0.05) is 12.1 Å². The van der Waals surface area contributed by atoms with Crippen LogP contribution < -0.4 is 31.9 Å². The minimum absolute atomic E-state index is 0.0161. The summed E-state index contributed by atoms with van der Waals surface area (Å²) >= 11 is 0. The van der Waals surface area contributed by atoms with Crippen LogP contribution >= 0.6 is 0 Å². The van der Waals surface area contributed by atoms with Gasteiger partial charge in [0, 0.05) is 75.1 Å². The molecule has 12 rings (SSSR count). The van der Waals surface area contributed by atoms with Crippen molar-refractivity contribution in [1.29, 1.82) is 0 Å². The Hall–Kier alpha value is -9.30. The van der Waals surface area contributed by atoms with E-state index in [9.17, 15) is 28.0 Å². The van der Waals surface area contributed by atoms with Crippen molar-refractivity contribution in [2.45, 2.75) is 127 Å². The molecule has 8 aromatic heterocycles. The van der Waals surface area contributed by atoms with Gasteiger partial charge in [-0.3, -0.25) is 29.4 Å². The standard InChI is InChI=1S/2C30H34FN9O3/c2*1-17-12-24(39-38-17)36-23-13-20-8-11-32-28(41)26(20)27(37-23)19-6-9-30(43-3,10-7-19)29(42)35-18(2)21-4-5-25(33-14-21)40-16-22(31)15-34-40/h2*4-5,12-16,18-19H,6-11H2,1-3H3,(H,32,41)(H,35,42)(H2,36,37,38,39)/t2*18-,19?,30?/m00/s1. The van der Waals surface area contributed by atoms with E-state index < -0.39 is 22.8 Å². The number of rotatable bonds is 16. The van der Waals surface area contributed by atoms with E-state index in [0.717, 1.165) is 57.4 Å². The van der Waals surface area contributed by atoms with Gasteiger partial charge in [-0.25, -0.2) is 38.1 Å². The Morgan fingerprint density at radius 2 is 1.01 bits per heavy atom. The van der Waals surface area contributed by atoms with Gasteiger partial charge in [0.2, 0.25) is 0 Å². The van der Waals surface area contributed by atoms with Gasteiger partial charge >= 0.3 is 0 Å². The number of carbonyl (C=O) groups excluding carboxylic acids is 4. The van der Waals surface area contributed by atoms with E-state index in [1.165, 1.54) is 21.8 Å². The van der Waals surface area contributed by atoms with E-state index in [1.54, 1.807) is 38.7 Å². The quantitative estimate of drug-likeness (QED) is 0.0463. The van der Waals surface area contributed by atoms with E-state index in [0.29, 0.717) is 123 Å². The van der Waals surface area contributed by atoms with Crippen LogP contribution in [0.25, 0.3) is 11.6 Å². The molecular weight excluding hydrogens is 1110 g/mol. The molecule has 2 saturated carbocycles. The van der Waals surface area contributed by atoms with Crippen LogP contribution in [0.1, 0.15) is 155 Å². The average Bonchev–Trinajstić information content (AvgIpc) is 3.89. The summed E-state index contributed by atoms with van der Waals surface area (Å²) < 4.78 is 41.1. The summed E-state index contributed by atoms with van der Waals surface area (Å²) in [6.07, 6.45) is 13.9. The number of H-pyrrole nitrogens is 2. The van der Waals surface area contributed by atoms with Crippen LogP contribution in [0.5, 0.6) is 0 Å². The molecular formula is C60H68F2N18O6. The highest BCUT2D eigenvalue weighted by atomic mass is 19.1. The summed E-state index contributed by atoms with van der Waals surface area (Å²) in [5.74, 6) is 2.00. The number of aromatic amines is 2. The number of amides is 4. The van der Waals surface area contributed by atoms with E-state index in [-0.39, 0.29) is 47.5 Å². The predicted octanol–water partition coefficient (Wildman–Crippen LogP) is 7.57. The van der Waals surface area contributed by atoms with Crippen LogP contribution in [0.15, 0.2) is 85.7 Å². The molecule has 2 fully saturated rings. The molecule has 2 aliphatic carbocycles. The molecule has 2 aliphatic heterocycles. The molecule has 26 heteroatoms. The number of ether oxygens (including phenoxy) is 2. The Bertz CT molecular complexity index is 3520. The third-order valence-corrected chi connectivity index (χ3v) is 16.8. The molecule has 0 radical (unpaired) electrons. The summed E-state index contributed by atoms with van der Waals surface area (Å²) in [5, 5.41) is 40.8. The largest absolute Gasteiger partial charge is 0.368 e. The number of aryl methyl sites for hydroxylation is 2. The molecule has 4 amide bonds. The topological polar surface area (TPSA) is 303 Å². The average molecular weight is 1180 g/mol. The Kier molecular flexibility index (Phi) is 16.8. The first kappa shape index (κ1) is 58.5. The number of hydrogen-bond donors (Lipinski definition) is 8. The van der Waals surface area contributed by atoms with Crippen LogP contribution in [0.2, 0.25) is 0 Å². The number of fused-ring (bicyclic) bond motifs is 2. The monoisotopic (exact) mass is 1170 g/mol. The third-order valence-electron chi connectivity index (χ3n) is 16.8. The van der Waals surface area contributed by atoms with Gasteiger partial charge in [0.1, 0.15) is 22.8 Å². The molecule has 0 aromatic carbocycles. The zero-order chi connectivity index (χ0) is 60.3. The summed E-state index contributed by atoms with van der Waals surface area (Å²) in [6.45, 7) is 8.76. The van der Waals surface area contributed by atoms with Gasteiger partial charge in [-0.2, -0.15) is 20.4 Å². The van der Waals surface area contributed by atoms with Crippen LogP contribution in [-0.2, 0) is 31.9 Å². The molecule has 8 aromatic rings. The van der Waals surface area contributed by atoms with Gasteiger partial charge in [-0.15, -0.1) is 0 Å². The molecule has 0 unspecified atom stereocenters. The maximum absolute atomic E-state index is 13.6. The number of hydrogen-bond acceptors (Lipinski definition) is 16. The Morgan fingerprint density at radius 3 is 1.34 bits per heavy atom. The van der Waals surface area contributed by atoms with Crippen LogP contribution in [0.3, 0.4) is 0 Å². The number of nitrogens with one attached hydrogen (secondary N) is 8. The zero-order valence-corrected chi connectivity index (χ0v) is 48.6. The number of aromatic nitrogens is 12. The predicted molar refractivity (Wildman–Crippen MR) is 311 cm³/mol. The summed E-state index contributed by atoms with van der Waals surface area (Å²) in [4.78, 5) is 71.7. The van der Waals surface area contributed by atoms with Crippen LogP contribution in [0, 0.1) is 25.5 Å². The highest BCUT2D eigenvalue weighted by molar-refractivity contribution is 5.99. The summed E-state index contributed by atoms with van der Waals surface area (Å²) in [5.41, 5.74) is 6.10. The highest BCUT2D eigenvalue weighted by Crippen LogP contribution is 2.44. The molecule has 86 heavy (non-hydrogen) atoms. The molecule has 4 aliphatic rings. The first-order valence-corrected chi connectivity index (χ1v) is 28.8. The highest BCUT2D eigenvalue weighted by Gasteiger charge is 2.46. The maximum Gasteiger partial charge on any atom is 0.253 e. The number of pyridine rings is 4. The van der Waals surface area contributed by atoms with Gasteiger partial charge < -0.3 is 41.4 Å². The van der Waals surface area contributed by atoms with Crippen LogP contribution in [-0.4, -0.2) is 122 Å². The molecule has 24 nitrogen and oxygen atoms in total.